The number of hydrogen-bond acceptors (Lipinski definition) is 3. The molecule has 0 aromatic heterocycles. The predicted molar refractivity (Wildman–Crippen MR) is 131 cm³/mol. The first-order valence-electron chi connectivity index (χ1n) is 11.7. The first-order valence-corrected chi connectivity index (χ1v) is 11.7. The van der Waals surface area contributed by atoms with Crippen LogP contribution in [0.15, 0.2) is 48.5 Å². The van der Waals surface area contributed by atoms with Crippen molar-refractivity contribution in [2.24, 2.45) is 5.92 Å². The lowest BCUT2D eigenvalue weighted by molar-refractivity contribution is -0.118. The maximum atomic E-state index is 13.0. The Labute approximate surface area is 196 Å². The smallest absolute Gasteiger partial charge is 0.253 e. The summed E-state index contributed by atoms with van der Waals surface area (Å²) in [4.78, 5) is 40.4. The van der Waals surface area contributed by atoms with Gasteiger partial charge in [-0.3, -0.25) is 14.4 Å². The second kappa shape index (κ2) is 10.2. The highest BCUT2D eigenvalue weighted by Crippen LogP contribution is 2.22. The summed E-state index contributed by atoms with van der Waals surface area (Å²) in [5.74, 6) is -0.731. The standard InChI is InChI=1S/C27H35N3O3/c1-18(2)23(29-24(31)19-11-13-21(14-12-19)27(3,4)5)25(32)28-22-10-8-9-20(17-22)26(33)30-15-6-7-16-30/h8-14,17-18,23H,6-7,15-16H2,1-5H3,(H,28,32)(H,29,31). The first kappa shape index (κ1) is 24.5. The van der Waals surface area contributed by atoms with Crippen LogP contribution in [0.3, 0.4) is 0 Å². The molecule has 1 unspecified atom stereocenters. The van der Waals surface area contributed by atoms with Crippen LogP contribution in [-0.2, 0) is 10.2 Å². The number of anilines is 1. The normalized spacial score (nSPS) is 14.8. The van der Waals surface area contributed by atoms with Crippen molar-refractivity contribution in [3.63, 3.8) is 0 Å². The molecule has 176 valence electrons. The number of amides is 3. The van der Waals surface area contributed by atoms with Crippen molar-refractivity contribution < 1.29 is 14.4 Å². The molecule has 6 nitrogen and oxygen atoms in total. The number of carbonyl (C=O) groups is 3. The lowest BCUT2D eigenvalue weighted by Gasteiger charge is -2.23. The molecular formula is C27H35N3O3. The van der Waals surface area contributed by atoms with Crippen LogP contribution in [0.2, 0.25) is 0 Å². The van der Waals surface area contributed by atoms with Crippen molar-refractivity contribution in [3.05, 3.63) is 65.2 Å². The van der Waals surface area contributed by atoms with Crippen LogP contribution in [-0.4, -0.2) is 41.8 Å². The molecule has 3 rings (SSSR count). The van der Waals surface area contributed by atoms with E-state index >= 15 is 0 Å². The molecule has 0 aliphatic carbocycles. The zero-order valence-electron chi connectivity index (χ0n) is 20.3. The van der Waals surface area contributed by atoms with Gasteiger partial charge in [-0.05, 0) is 60.1 Å². The van der Waals surface area contributed by atoms with E-state index in [1.54, 1.807) is 36.4 Å². The second-order valence-corrected chi connectivity index (χ2v) is 10.1. The summed E-state index contributed by atoms with van der Waals surface area (Å²) < 4.78 is 0. The molecule has 1 saturated heterocycles. The van der Waals surface area contributed by atoms with E-state index in [9.17, 15) is 14.4 Å². The number of rotatable bonds is 6. The summed E-state index contributed by atoms with van der Waals surface area (Å²) in [7, 11) is 0. The highest BCUT2D eigenvalue weighted by molar-refractivity contribution is 6.02. The summed E-state index contributed by atoms with van der Waals surface area (Å²) >= 11 is 0. The van der Waals surface area contributed by atoms with Crippen LogP contribution in [0.5, 0.6) is 0 Å². The summed E-state index contributed by atoms with van der Waals surface area (Å²) in [5, 5.41) is 5.74. The van der Waals surface area contributed by atoms with Gasteiger partial charge in [0.25, 0.3) is 11.8 Å². The van der Waals surface area contributed by atoms with Gasteiger partial charge >= 0.3 is 0 Å². The molecule has 2 aromatic rings. The maximum Gasteiger partial charge on any atom is 0.253 e. The largest absolute Gasteiger partial charge is 0.340 e. The van der Waals surface area contributed by atoms with Crippen LogP contribution in [0.4, 0.5) is 5.69 Å². The lowest BCUT2D eigenvalue weighted by Crippen LogP contribution is -2.47. The quantitative estimate of drug-likeness (QED) is 0.676. The topological polar surface area (TPSA) is 78.5 Å². The molecule has 0 radical (unpaired) electrons. The van der Waals surface area contributed by atoms with Gasteiger partial charge in [0.05, 0.1) is 0 Å². The Kier molecular flexibility index (Phi) is 7.57. The third-order valence-electron chi connectivity index (χ3n) is 6.02. The Morgan fingerprint density at radius 2 is 1.55 bits per heavy atom. The molecule has 2 aromatic carbocycles. The van der Waals surface area contributed by atoms with E-state index in [0.29, 0.717) is 16.8 Å². The third-order valence-corrected chi connectivity index (χ3v) is 6.02. The van der Waals surface area contributed by atoms with Crippen molar-refractivity contribution >= 4 is 23.4 Å². The van der Waals surface area contributed by atoms with Crippen LogP contribution < -0.4 is 10.6 Å². The van der Waals surface area contributed by atoms with Gasteiger partial charge in [-0.1, -0.05) is 52.8 Å². The SMILES string of the molecule is CC(C)C(NC(=O)c1ccc(C(C)(C)C)cc1)C(=O)Nc1cccc(C(=O)N2CCCC2)c1. The first-order chi connectivity index (χ1) is 15.6. The van der Waals surface area contributed by atoms with Crippen LogP contribution in [0, 0.1) is 5.92 Å². The Bertz CT molecular complexity index is 1000. The van der Waals surface area contributed by atoms with Crippen LogP contribution in [0.25, 0.3) is 0 Å². The highest BCUT2D eigenvalue weighted by atomic mass is 16.2. The highest BCUT2D eigenvalue weighted by Gasteiger charge is 2.26. The molecule has 1 atom stereocenters. The van der Waals surface area contributed by atoms with Crippen LogP contribution >= 0.6 is 0 Å². The molecule has 0 spiro atoms. The van der Waals surface area contributed by atoms with Gasteiger partial charge in [-0.25, -0.2) is 0 Å². The molecule has 33 heavy (non-hydrogen) atoms. The molecule has 0 bridgehead atoms. The minimum atomic E-state index is -0.710. The fourth-order valence-electron chi connectivity index (χ4n) is 3.93. The zero-order chi connectivity index (χ0) is 24.2. The number of nitrogens with zero attached hydrogens (tertiary/aromatic N) is 1. The molecule has 1 fully saturated rings. The molecular weight excluding hydrogens is 414 g/mol. The van der Waals surface area contributed by atoms with Gasteiger partial charge in [0.2, 0.25) is 5.91 Å². The van der Waals surface area contributed by atoms with E-state index in [4.69, 9.17) is 0 Å². The molecule has 0 saturated carbocycles. The minimum absolute atomic E-state index is 0.0000558. The molecule has 6 heteroatoms. The Morgan fingerprint density at radius 3 is 2.12 bits per heavy atom. The Balaban J connectivity index is 1.68. The van der Waals surface area contributed by atoms with E-state index in [0.717, 1.165) is 31.5 Å². The van der Waals surface area contributed by atoms with E-state index in [1.165, 1.54) is 0 Å². The fourth-order valence-corrected chi connectivity index (χ4v) is 3.93. The number of nitrogens with one attached hydrogen (secondary N) is 2. The monoisotopic (exact) mass is 449 g/mol. The summed E-state index contributed by atoms with van der Waals surface area (Å²) in [6.07, 6.45) is 2.05. The van der Waals surface area contributed by atoms with Crippen LogP contribution in [0.1, 0.15) is 73.7 Å². The lowest BCUT2D eigenvalue weighted by atomic mass is 9.86. The van der Waals surface area contributed by atoms with Gasteiger partial charge in [0.1, 0.15) is 6.04 Å². The second-order valence-electron chi connectivity index (χ2n) is 10.1. The van der Waals surface area contributed by atoms with Gasteiger partial charge in [0.15, 0.2) is 0 Å². The van der Waals surface area contributed by atoms with E-state index < -0.39 is 6.04 Å². The van der Waals surface area contributed by atoms with Gasteiger partial charge in [-0.15, -0.1) is 0 Å². The molecule has 3 amide bonds. The summed E-state index contributed by atoms with van der Waals surface area (Å²) in [6.45, 7) is 11.7. The van der Waals surface area contributed by atoms with Gasteiger partial charge in [0, 0.05) is 29.9 Å². The van der Waals surface area contributed by atoms with Crippen molar-refractivity contribution in [2.75, 3.05) is 18.4 Å². The van der Waals surface area contributed by atoms with Crippen molar-refractivity contribution in [2.45, 2.75) is 58.9 Å². The van der Waals surface area contributed by atoms with Crippen molar-refractivity contribution in [3.8, 4) is 0 Å². The maximum absolute atomic E-state index is 13.0. The Morgan fingerprint density at radius 1 is 0.909 bits per heavy atom. The molecule has 1 aliphatic rings. The average molecular weight is 450 g/mol. The summed E-state index contributed by atoms with van der Waals surface area (Å²) in [5.41, 5.74) is 2.75. The third kappa shape index (κ3) is 6.21. The van der Waals surface area contributed by atoms with Gasteiger partial charge < -0.3 is 15.5 Å². The summed E-state index contributed by atoms with van der Waals surface area (Å²) in [6, 6.07) is 13.7. The predicted octanol–water partition coefficient (Wildman–Crippen LogP) is 4.61. The molecule has 2 N–H and O–H groups in total. The van der Waals surface area contributed by atoms with E-state index in [-0.39, 0.29) is 29.1 Å². The number of benzene rings is 2. The number of likely N-dealkylation sites (tertiary alicyclic amines) is 1. The van der Waals surface area contributed by atoms with Crippen molar-refractivity contribution in [1.29, 1.82) is 0 Å². The van der Waals surface area contributed by atoms with Gasteiger partial charge in [-0.2, -0.15) is 0 Å². The molecule has 1 heterocycles. The van der Waals surface area contributed by atoms with E-state index in [2.05, 4.69) is 31.4 Å². The Hall–Kier alpha value is -3.15. The molecule has 1 aliphatic heterocycles. The minimum Gasteiger partial charge on any atom is -0.340 e. The van der Waals surface area contributed by atoms with E-state index in [1.807, 2.05) is 30.9 Å². The number of hydrogen-bond donors (Lipinski definition) is 2. The number of carbonyl (C=O) groups excluding carboxylic acids is 3. The fraction of sp³-hybridized carbons (Fsp3) is 0.444. The zero-order valence-corrected chi connectivity index (χ0v) is 20.3. The van der Waals surface area contributed by atoms with Crippen molar-refractivity contribution in [1.82, 2.24) is 10.2 Å². The average Bonchev–Trinajstić information content (AvgIpc) is 3.31.